The van der Waals surface area contributed by atoms with E-state index in [2.05, 4.69) is 26.7 Å². The molecule has 8 nitrogen and oxygen atoms in total. The van der Waals surface area contributed by atoms with E-state index in [1.165, 1.54) is 49.6 Å². The number of aliphatic hydroxyl groups is 1. The highest BCUT2D eigenvalue weighted by atomic mass is 19.1. The quantitative estimate of drug-likeness (QED) is 0.234. The molecule has 0 radical (unpaired) electrons. The summed E-state index contributed by atoms with van der Waals surface area (Å²) in [6.07, 6.45) is 7.17. The van der Waals surface area contributed by atoms with Crippen molar-refractivity contribution < 1.29 is 23.7 Å². The average molecular weight is 628 g/mol. The van der Waals surface area contributed by atoms with Crippen LogP contribution in [-0.4, -0.2) is 75.0 Å². The number of nitrogens with zero attached hydrogens (tertiary/aromatic N) is 5. The second-order valence-corrected chi connectivity index (χ2v) is 13.6. The molecule has 0 spiro atoms. The predicted molar refractivity (Wildman–Crippen MR) is 174 cm³/mol. The van der Waals surface area contributed by atoms with Gasteiger partial charge in [-0.15, -0.1) is 0 Å². The van der Waals surface area contributed by atoms with Crippen molar-refractivity contribution in [2.45, 2.75) is 64.4 Å². The van der Waals surface area contributed by atoms with Gasteiger partial charge in [-0.2, -0.15) is 9.97 Å². The molecule has 7 rings (SSSR count). The highest BCUT2D eigenvalue weighted by Gasteiger charge is 2.45. The maximum absolute atomic E-state index is 16.9. The third kappa shape index (κ3) is 6.06. The van der Waals surface area contributed by atoms with Gasteiger partial charge in [0.05, 0.1) is 17.6 Å². The highest BCUT2D eigenvalue weighted by molar-refractivity contribution is 6.01. The predicted octanol–water partition coefficient (Wildman–Crippen LogP) is 6.20. The lowest BCUT2D eigenvalue weighted by atomic mass is 9.94. The molecular weight excluding hydrogens is 588 g/mol. The number of benzene rings is 2. The minimum Gasteiger partial charge on any atom is -0.508 e. The first-order valence-corrected chi connectivity index (χ1v) is 16.2. The summed E-state index contributed by atoms with van der Waals surface area (Å²) >= 11 is 0. The number of rotatable bonds is 7. The lowest BCUT2D eigenvalue weighted by Gasteiger charge is -2.38. The first-order valence-electron chi connectivity index (χ1n) is 16.2. The summed E-state index contributed by atoms with van der Waals surface area (Å²) in [5.41, 5.74) is -0.609. The molecule has 240 valence electrons. The standard InChI is InChI=1S/C36H39F2N5O3/c1-3-8-28-29-32(30(38)31(39-28)27-19-25(44)17-23-9-10-24(37)18-26(23)27)40-34(41-33(29)43-16-7-11-35(2,45)20-43)46-22-36(12-13-36)21-42-14-5-4-6-15-42/h9-10,17-19,44-45H,4-7,11-16,20-22H2,1-2H3/t35-/m1/s1. The molecule has 0 bridgehead atoms. The Bertz CT molecular complexity index is 1880. The molecule has 2 saturated heterocycles. The summed E-state index contributed by atoms with van der Waals surface area (Å²) in [5.74, 6) is 4.95. The van der Waals surface area contributed by atoms with Crippen molar-refractivity contribution >= 4 is 27.5 Å². The molecule has 2 N–H and O–H groups in total. The molecule has 10 heteroatoms. The largest absolute Gasteiger partial charge is 0.508 e. The van der Waals surface area contributed by atoms with Crippen molar-refractivity contribution in [2.75, 3.05) is 44.2 Å². The number of fused-ring (bicyclic) bond motifs is 2. The van der Waals surface area contributed by atoms with Gasteiger partial charge in [-0.1, -0.05) is 18.4 Å². The van der Waals surface area contributed by atoms with E-state index in [1.54, 1.807) is 13.8 Å². The number of aromatic hydroxyl groups is 1. The summed E-state index contributed by atoms with van der Waals surface area (Å²) in [5, 5.41) is 22.8. The van der Waals surface area contributed by atoms with Gasteiger partial charge >= 0.3 is 6.01 Å². The molecule has 1 atom stereocenters. The summed E-state index contributed by atoms with van der Waals surface area (Å²) in [6.45, 7) is 7.91. The Morgan fingerprint density at radius 1 is 0.978 bits per heavy atom. The first kappa shape index (κ1) is 30.6. The Labute approximate surface area is 267 Å². The summed E-state index contributed by atoms with van der Waals surface area (Å²) in [4.78, 5) is 18.6. The van der Waals surface area contributed by atoms with Gasteiger partial charge in [0.2, 0.25) is 0 Å². The zero-order valence-electron chi connectivity index (χ0n) is 26.4. The number of hydrogen-bond donors (Lipinski definition) is 2. The van der Waals surface area contributed by atoms with Gasteiger partial charge < -0.3 is 24.7 Å². The van der Waals surface area contributed by atoms with E-state index >= 15 is 4.39 Å². The van der Waals surface area contributed by atoms with Crippen LogP contribution in [0.5, 0.6) is 11.8 Å². The molecule has 3 aliphatic rings. The first-order chi connectivity index (χ1) is 22.1. The van der Waals surface area contributed by atoms with Gasteiger partial charge in [-0.3, -0.25) is 0 Å². The van der Waals surface area contributed by atoms with Gasteiger partial charge in [0.1, 0.15) is 34.3 Å². The smallest absolute Gasteiger partial charge is 0.319 e. The lowest BCUT2D eigenvalue weighted by molar-refractivity contribution is 0.0447. The maximum atomic E-state index is 16.9. The molecular formula is C36H39F2N5O3. The van der Waals surface area contributed by atoms with Crippen molar-refractivity contribution in [3.8, 4) is 34.9 Å². The monoisotopic (exact) mass is 627 g/mol. The minimum absolute atomic E-state index is 0.0238. The third-order valence-electron chi connectivity index (χ3n) is 9.59. The fourth-order valence-corrected chi connectivity index (χ4v) is 7.06. The number of pyridine rings is 1. The number of aromatic nitrogens is 3. The van der Waals surface area contributed by atoms with Crippen molar-refractivity contribution in [3.63, 3.8) is 0 Å². The van der Waals surface area contributed by atoms with Crippen LogP contribution in [0, 0.1) is 28.9 Å². The lowest BCUT2D eigenvalue weighted by Crippen LogP contribution is -2.46. The van der Waals surface area contributed by atoms with E-state index in [-0.39, 0.29) is 46.2 Å². The fraction of sp³-hybridized carbons (Fsp3) is 0.472. The van der Waals surface area contributed by atoms with Crippen LogP contribution in [0.1, 0.15) is 64.5 Å². The van der Waals surface area contributed by atoms with Gasteiger partial charge in [0, 0.05) is 30.6 Å². The van der Waals surface area contributed by atoms with Gasteiger partial charge in [-0.25, -0.2) is 13.8 Å². The van der Waals surface area contributed by atoms with Crippen LogP contribution in [0.3, 0.4) is 0 Å². The number of piperidine rings is 2. The van der Waals surface area contributed by atoms with Crippen LogP contribution in [-0.2, 0) is 0 Å². The van der Waals surface area contributed by atoms with E-state index < -0.39 is 17.2 Å². The molecule has 46 heavy (non-hydrogen) atoms. The zero-order valence-corrected chi connectivity index (χ0v) is 26.4. The highest BCUT2D eigenvalue weighted by Crippen LogP contribution is 2.47. The molecule has 4 aromatic rings. The van der Waals surface area contributed by atoms with Crippen LogP contribution in [0.2, 0.25) is 0 Å². The second-order valence-electron chi connectivity index (χ2n) is 13.6. The summed E-state index contributed by atoms with van der Waals surface area (Å²) in [7, 11) is 0. The van der Waals surface area contributed by atoms with Crippen molar-refractivity contribution in [3.05, 3.63) is 47.7 Å². The zero-order chi connectivity index (χ0) is 32.1. The number of likely N-dealkylation sites (tertiary alicyclic amines) is 1. The number of ether oxygens (including phenoxy) is 1. The van der Waals surface area contributed by atoms with Gasteiger partial charge in [-0.05, 0) is 106 Å². The molecule has 2 aliphatic heterocycles. The Balaban J connectivity index is 1.37. The molecule has 0 amide bonds. The van der Waals surface area contributed by atoms with E-state index in [1.807, 2.05) is 4.90 Å². The number of hydrogen-bond acceptors (Lipinski definition) is 8. The van der Waals surface area contributed by atoms with Crippen molar-refractivity contribution in [2.24, 2.45) is 5.41 Å². The molecule has 3 fully saturated rings. The number of halogens is 2. The SMILES string of the molecule is CC#Cc1nc(-c2cc(O)cc3ccc(F)cc23)c(F)c2nc(OCC3(CN4CCCCC4)CC3)nc(N3CCC[C@@](C)(O)C3)c12. The number of anilines is 1. The van der Waals surface area contributed by atoms with Crippen LogP contribution >= 0.6 is 0 Å². The summed E-state index contributed by atoms with van der Waals surface area (Å²) < 4.78 is 37.7. The van der Waals surface area contributed by atoms with Gasteiger partial charge in [0.25, 0.3) is 0 Å². The van der Waals surface area contributed by atoms with Gasteiger partial charge in [0.15, 0.2) is 5.82 Å². The molecule has 2 aromatic carbocycles. The van der Waals surface area contributed by atoms with E-state index in [0.717, 1.165) is 38.9 Å². The Hall–Kier alpha value is -4.07. The summed E-state index contributed by atoms with van der Waals surface area (Å²) in [6, 6.07) is 7.05. The second kappa shape index (κ2) is 11.9. The average Bonchev–Trinajstić information content (AvgIpc) is 3.80. The van der Waals surface area contributed by atoms with Crippen molar-refractivity contribution in [1.29, 1.82) is 0 Å². The Kier molecular flexibility index (Phi) is 7.94. The fourth-order valence-electron chi connectivity index (χ4n) is 7.06. The van der Waals surface area contributed by atoms with Crippen LogP contribution in [0.25, 0.3) is 32.9 Å². The van der Waals surface area contributed by atoms with E-state index in [4.69, 9.17) is 9.72 Å². The van der Waals surface area contributed by atoms with Crippen LogP contribution in [0.4, 0.5) is 14.6 Å². The molecule has 2 aromatic heterocycles. The number of phenols is 1. The molecule has 1 aliphatic carbocycles. The van der Waals surface area contributed by atoms with Crippen molar-refractivity contribution in [1.82, 2.24) is 19.9 Å². The Morgan fingerprint density at radius 3 is 2.52 bits per heavy atom. The topological polar surface area (TPSA) is 94.8 Å². The van der Waals surface area contributed by atoms with Crippen LogP contribution in [0.15, 0.2) is 30.3 Å². The third-order valence-corrected chi connectivity index (χ3v) is 9.59. The van der Waals surface area contributed by atoms with Crippen LogP contribution < -0.4 is 9.64 Å². The maximum Gasteiger partial charge on any atom is 0.319 e. The van der Waals surface area contributed by atoms with E-state index in [9.17, 15) is 14.6 Å². The minimum atomic E-state index is -0.962. The van der Waals surface area contributed by atoms with E-state index in [0.29, 0.717) is 41.5 Å². The normalized spacial score (nSPS) is 21.3. The molecule has 4 heterocycles. The Morgan fingerprint density at radius 2 is 1.78 bits per heavy atom. The number of β-amino-alcohol motifs (C(OH)–C–C–N with tert-alkyl or cyclic N) is 1. The molecule has 1 saturated carbocycles. The molecule has 0 unspecified atom stereocenters. The number of phenolic OH excluding ortho intramolecular Hbond substituents is 1.